The molecule has 4 aromatic carbocycles. The van der Waals surface area contributed by atoms with E-state index in [1.54, 1.807) is 50.2 Å². The first-order valence-corrected chi connectivity index (χ1v) is 19.9. The smallest absolute Gasteiger partial charge is 0.419 e. The molecular weight excluding hydrogens is 852 g/mol. The van der Waals surface area contributed by atoms with Crippen LogP contribution in [0.5, 0.6) is 11.5 Å². The highest BCUT2D eigenvalue weighted by atomic mass is 35.5. The van der Waals surface area contributed by atoms with Gasteiger partial charge < -0.3 is 31.2 Å². The minimum atomic E-state index is -4.53. The summed E-state index contributed by atoms with van der Waals surface area (Å²) >= 11 is 23.7. The molecule has 0 spiro atoms. The van der Waals surface area contributed by atoms with E-state index in [9.17, 15) is 36.6 Å². The van der Waals surface area contributed by atoms with Crippen LogP contribution in [-0.2, 0) is 38.0 Å². The molecular formula is C42H48Cl4F6N2O4. The molecule has 0 unspecified atom stereocenters. The lowest BCUT2D eigenvalue weighted by atomic mass is 9.94. The second-order valence-electron chi connectivity index (χ2n) is 14.7. The van der Waals surface area contributed by atoms with Crippen LogP contribution < -0.4 is 20.9 Å². The summed E-state index contributed by atoms with van der Waals surface area (Å²) in [4.78, 5) is 0. The number of benzene rings is 4. The zero-order valence-electron chi connectivity index (χ0n) is 32.1. The Kier molecular flexibility index (Phi) is 18.8. The molecule has 0 saturated heterocycles. The van der Waals surface area contributed by atoms with Gasteiger partial charge in [-0.2, -0.15) is 26.3 Å². The van der Waals surface area contributed by atoms with E-state index in [1.165, 1.54) is 12.1 Å². The SMILES string of the molecule is C[C@@](N)(CO)CCc1ccc(OCCCc2ccc(Cl)c(Cl)c2)c(C(F)(F)F)c1.C[C@](N)(CO)CCc1ccc(OCCCc2ccc(Cl)c(Cl)c2)c(C(F)(F)F)c1. The number of nitrogens with two attached hydrogens (primary N) is 2. The van der Waals surface area contributed by atoms with Crippen LogP contribution in [0.15, 0.2) is 72.8 Å². The molecule has 58 heavy (non-hydrogen) atoms. The van der Waals surface area contributed by atoms with Gasteiger partial charge in [-0.3, -0.25) is 0 Å². The van der Waals surface area contributed by atoms with Crippen molar-refractivity contribution in [2.24, 2.45) is 11.5 Å². The molecule has 4 aromatic rings. The second kappa shape index (κ2) is 22.1. The molecule has 0 aliphatic carbocycles. The molecule has 2 atom stereocenters. The van der Waals surface area contributed by atoms with Gasteiger partial charge in [-0.1, -0.05) is 70.7 Å². The first-order valence-electron chi connectivity index (χ1n) is 18.4. The largest absolute Gasteiger partial charge is 0.493 e. The normalized spacial score (nSPS) is 13.9. The molecule has 0 amide bonds. The van der Waals surface area contributed by atoms with Crippen molar-refractivity contribution in [2.75, 3.05) is 26.4 Å². The Labute approximate surface area is 355 Å². The van der Waals surface area contributed by atoms with E-state index < -0.39 is 34.6 Å². The quantitative estimate of drug-likeness (QED) is 0.0585. The van der Waals surface area contributed by atoms with Crippen molar-refractivity contribution in [3.05, 3.63) is 126 Å². The van der Waals surface area contributed by atoms with Crippen molar-refractivity contribution >= 4 is 46.4 Å². The molecule has 0 aromatic heterocycles. The van der Waals surface area contributed by atoms with Gasteiger partial charge in [0.2, 0.25) is 0 Å². The summed E-state index contributed by atoms with van der Waals surface area (Å²) in [5.41, 5.74) is 11.3. The molecule has 0 aliphatic heterocycles. The van der Waals surface area contributed by atoms with Gasteiger partial charge in [0.1, 0.15) is 11.5 Å². The average molecular weight is 901 g/mol. The average Bonchev–Trinajstić information content (AvgIpc) is 3.16. The van der Waals surface area contributed by atoms with Crippen LogP contribution in [0.25, 0.3) is 0 Å². The Morgan fingerprint density at radius 1 is 0.500 bits per heavy atom. The lowest BCUT2D eigenvalue weighted by Crippen LogP contribution is -2.40. The Morgan fingerprint density at radius 3 is 1.14 bits per heavy atom. The summed E-state index contributed by atoms with van der Waals surface area (Å²) in [7, 11) is 0. The molecule has 16 heteroatoms. The van der Waals surface area contributed by atoms with E-state index >= 15 is 0 Å². The molecule has 6 N–H and O–H groups in total. The van der Waals surface area contributed by atoms with Crippen LogP contribution >= 0.6 is 46.4 Å². The van der Waals surface area contributed by atoms with Crippen LogP contribution in [0.4, 0.5) is 26.3 Å². The summed E-state index contributed by atoms with van der Waals surface area (Å²) in [5, 5.41) is 20.2. The highest BCUT2D eigenvalue weighted by molar-refractivity contribution is 6.42. The van der Waals surface area contributed by atoms with Crippen LogP contribution in [0, 0.1) is 0 Å². The minimum Gasteiger partial charge on any atom is -0.493 e. The Bertz CT molecular complexity index is 1790. The van der Waals surface area contributed by atoms with Gasteiger partial charge in [0.15, 0.2) is 0 Å². The molecule has 320 valence electrons. The molecule has 0 radical (unpaired) electrons. The Morgan fingerprint density at radius 2 is 0.828 bits per heavy atom. The maximum Gasteiger partial charge on any atom is 0.419 e. The van der Waals surface area contributed by atoms with E-state index in [0.717, 1.165) is 23.3 Å². The van der Waals surface area contributed by atoms with Crippen molar-refractivity contribution in [3.8, 4) is 11.5 Å². The fraction of sp³-hybridized carbons (Fsp3) is 0.429. The van der Waals surface area contributed by atoms with Crippen LogP contribution in [0.2, 0.25) is 20.1 Å². The van der Waals surface area contributed by atoms with Crippen molar-refractivity contribution in [3.63, 3.8) is 0 Å². The molecule has 0 bridgehead atoms. The fourth-order valence-electron chi connectivity index (χ4n) is 5.49. The number of halogens is 10. The lowest BCUT2D eigenvalue weighted by molar-refractivity contribution is -0.139. The molecule has 4 rings (SSSR count). The van der Waals surface area contributed by atoms with Crippen LogP contribution in [-0.4, -0.2) is 47.7 Å². The van der Waals surface area contributed by atoms with E-state index in [1.807, 2.05) is 12.1 Å². The molecule has 6 nitrogen and oxygen atoms in total. The van der Waals surface area contributed by atoms with E-state index in [-0.39, 0.29) is 37.9 Å². The zero-order chi connectivity index (χ0) is 43.3. The summed E-state index contributed by atoms with van der Waals surface area (Å²) in [6.45, 7) is 3.10. The van der Waals surface area contributed by atoms with Crippen LogP contribution in [0.1, 0.15) is 72.9 Å². The number of aliphatic hydroxyl groups excluding tert-OH is 2. The number of ether oxygens (including phenoxy) is 2. The van der Waals surface area contributed by atoms with Crippen molar-refractivity contribution < 1.29 is 46.0 Å². The predicted molar refractivity (Wildman–Crippen MR) is 219 cm³/mol. The first-order chi connectivity index (χ1) is 27.0. The van der Waals surface area contributed by atoms with E-state index in [4.69, 9.17) is 67.3 Å². The number of aliphatic hydroxyl groups is 2. The van der Waals surface area contributed by atoms with Gasteiger partial charge in [0.05, 0.1) is 57.6 Å². The maximum atomic E-state index is 13.5. The third kappa shape index (κ3) is 16.6. The topological polar surface area (TPSA) is 111 Å². The van der Waals surface area contributed by atoms with Crippen molar-refractivity contribution in [1.29, 1.82) is 0 Å². The molecule has 0 fully saturated rings. The van der Waals surface area contributed by atoms with Gasteiger partial charge in [-0.25, -0.2) is 0 Å². The van der Waals surface area contributed by atoms with Gasteiger partial charge in [0, 0.05) is 11.1 Å². The number of alkyl halides is 6. The Hall–Kier alpha value is -2.94. The number of rotatable bonds is 18. The summed E-state index contributed by atoms with van der Waals surface area (Å²) < 4.78 is 91.6. The molecule has 0 saturated carbocycles. The van der Waals surface area contributed by atoms with E-state index in [0.29, 0.717) is 82.6 Å². The minimum absolute atomic E-state index is 0.133. The molecule has 0 heterocycles. The predicted octanol–water partition coefficient (Wildman–Crippen LogP) is 11.3. The van der Waals surface area contributed by atoms with Gasteiger partial charge in [0.25, 0.3) is 0 Å². The number of aryl methyl sites for hydroxylation is 4. The van der Waals surface area contributed by atoms with Crippen molar-refractivity contribution in [2.45, 2.75) is 88.6 Å². The van der Waals surface area contributed by atoms with Crippen molar-refractivity contribution in [1.82, 2.24) is 0 Å². The lowest BCUT2D eigenvalue weighted by Gasteiger charge is -2.22. The maximum absolute atomic E-state index is 13.5. The molecule has 0 aliphatic rings. The number of hydrogen-bond donors (Lipinski definition) is 4. The van der Waals surface area contributed by atoms with Crippen LogP contribution in [0.3, 0.4) is 0 Å². The van der Waals surface area contributed by atoms with E-state index in [2.05, 4.69) is 0 Å². The first kappa shape index (κ1) is 49.4. The van der Waals surface area contributed by atoms with Gasteiger partial charge in [-0.05, 0) is 136 Å². The Balaban J connectivity index is 0.000000310. The highest BCUT2D eigenvalue weighted by Crippen LogP contribution is 2.39. The summed E-state index contributed by atoms with van der Waals surface area (Å²) in [6, 6.07) is 18.5. The summed E-state index contributed by atoms with van der Waals surface area (Å²) in [5.74, 6) is -0.402. The third-order valence-corrected chi connectivity index (χ3v) is 10.6. The zero-order valence-corrected chi connectivity index (χ0v) is 35.1. The standard InChI is InChI=1S/2C21H24Cl2F3NO2/c2*1-20(27,13-28)9-8-15-5-7-19(16(11-15)21(24,25)26)29-10-2-3-14-4-6-17(22)18(23)12-14/h2*4-7,11-12,28H,2-3,8-10,13,27H2,1H3/t2*20-/m10/s1. The van der Waals surface area contributed by atoms with Gasteiger partial charge in [-0.15, -0.1) is 0 Å². The second-order valence-corrected chi connectivity index (χ2v) is 16.3. The highest BCUT2D eigenvalue weighted by Gasteiger charge is 2.36. The van der Waals surface area contributed by atoms with Gasteiger partial charge >= 0.3 is 12.4 Å². The summed E-state index contributed by atoms with van der Waals surface area (Å²) in [6.07, 6.45) is -5.41. The third-order valence-electron chi connectivity index (χ3n) is 9.09. The monoisotopic (exact) mass is 898 g/mol. The fourth-order valence-corrected chi connectivity index (χ4v) is 6.13. The number of hydrogen-bond acceptors (Lipinski definition) is 6.